The van der Waals surface area contributed by atoms with Gasteiger partial charge < -0.3 is 0 Å². The van der Waals surface area contributed by atoms with Gasteiger partial charge in [-0.3, -0.25) is 9.78 Å². The smallest absolute Gasteiger partial charge is 0.209 e. The van der Waals surface area contributed by atoms with E-state index in [1.54, 1.807) is 52.4 Å². The van der Waals surface area contributed by atoms with Crippen LogP contribution in [0.1, 0.15) is 5.69 Å². The summed E-state index contributed by atoms with van der Waals surface area (Å²) in [6.45, 7) is 1.90. The Balaban J connectivity index is 1.85. The number of aryl methyl sites for hydroxylation is 1. The summed E-state index contributed by atoms with van der Waals surface area (Å²) in [7, 11) is 0. The maximum Gasteiger partial charge on any atom is 0.209 e. The third-order valence-electron chi connectivity index (χ3n) is 3.79. The molecule has 0 atom stereocenters. The minimum atomic E-state index is -0.198. The van der Waals surface area contributed by atoms with E-state index < -0.39 is 0 Å². The highest BCUT2D eigenvalue weighted by molar-refractivity contribution is 6.29. The van der Waals surface area contributed by atoms with Crippen LogP contribution >= 0.6 is 11.6 Å². The predicted molar refractivity (Wildman–Crippen MR) is 97.7 cm³/mol. The van der Waals surface area contributed by atoms with Gasteiger partial charge in [-0.2, -0.15) is 10.2 Å². The van der Waals surface area contributed by atoms with Gasteiger partial charge in [0, 0.05) is 24.2 Å². The second kappa shape index (κ2) is 6.53. The van der Waals surface area contributed by atoms with Gasteiger partial charge in [0.05, 0.1) is 29.5 Å². The average Bonchev–Trinajstić information content (AvgIpc) is 3.12. The topological polar surface area (TPSA) is 78.5 Å². The first-order valence-electron chi connectivity index (χ1n) is 7.81. The Bertz CT molecular complexity index is 1130. The van der Waals surface area contributed by atoms with Crippen LogP contribution in [-0.2, 0) is 0 Å². The molecule has 4 aromatic rings. The van der Waals surface area contributed by atoms with Crippen molar-refractivity contribution in [2.24, 2.45) is 0 Å². The molecule has 128 valence electrons. The normalized spacial score (nSPS) is 10.8. The monoisotopic (exact) mass is 364 g/mol. The number of pyridine rings is 2. The predicted octanol–water partition coefficient (Wildman–Crippen LogP) is 2.84. The van der Waals surface area contributed by atoms with E-state index in [1.165, 1.54) is 6.07 Å². The molecular formula is C18H13ClN6O. The molecule has 26 heavy (non-hydrogen) atoms. The van der Waals surface area contributed by atoms with Crippen molar-refractivity contribution in [3.8, 4) is 22.8 Å². The van der Waals surface area contributed by atoms with Crippen molar-refractivity contribution in [1.82, 2.24) is 29.5 Å². The second-order valence-electron chi connectivity index (χ2n) is 5.60. The highest BCUT2D eigenvalue weighted by Crippen LogP contribution is 2.19. The fourth-order valence-corrected chi connectivity index (χ4v) is 2.69. The van der Waals surface area contributed by atoms with E-state index in [-0.39, 0.29) is 11.1 Å². The zero-order valence-electron chi connectivity index (χ0n) is 13.7. The van der Waals surface area contributed by atoms with Crippen molar-refractivity contribution in [2.75, 3.05) is 0 Å². The maximum absolute atomic E-state index is 12.4. The lowest BCUT2D eigenvalue weighted by atomic mass is 10.2. The molecule has 0 saturated carbocycles. The van der Waals surface area contributed by atoms with Crippen LogP contribution in [0.25, 0.3) is 22.8 Å². The summed E-state index contributed by atoms with van der Waals surface area (Å²) in [6.07, 6.45) is 6.51. The van der Waals surface area contributed by atoms with Crippen LogP contribution in [-0.4, -0.2) is 29.5 Å². The molecule has 0 N–H and O–H groups in total. The van der Waals surface area contributed by atoms with E-state index in [0.717, 1.165) is 11.4 Å². The summed E-state index contributed by atoms with van der Waals surface area (Å²) in [5.74, 6) is 0. The molecule has 7 nitrogen and oxygen atoms in total. The molecule has 0 radical (unpaired) electrons. The molecule has 0 unspecified atom stereocenters. The van der Waals surface area contributed by atoms with Crippen molar-refractivity contribution >= 4 is 11.6 Å². The van der Waals surface area contributed by atoms with E-state index in [9.17, 15) is 4.79 Å². The lowest BCUT2D eigenvalue weighted by Crippen LogP contribution is -2.15. The fraction of sp³-hybridized carbons (Fsp3) is 0.0556. The van der Waals surface area contributed by atoms with Gasteiger partial charge in [0.1, 0.15) is 5.15 Å². The molecule has 0 fully saturated rings. The molecule has 4 aromatic heterocycles. The lowest BCUT2D eigenvalue weighted by molar-refractivity contribution is 0.818. The molecule has 0 aliphatic heterocycles. The fourth-order valence-electron chi connectivity index (χ4n) is 2.58. The van der Waals surface area contributed by atoms with Gasteiger partial charge >= 0.3 is 0 Å². The van der Waals surface area contributed by atoms with Crippen LogP contribution < -0.4 is 5.43 Å². The van der Waals surface area contributed by atoms with Gasteiger partial charge in [0.2, 0.25) is 5.43 Å². The zero-order chi connectivity index (χ0) is 18.1. The molecule has 0 saturated heterocycles. The molecule has 0 aromatic carbocycles. The summed E-state index contributed by atoms with van der Waals surface area (Å²) in [6, 6.07) is 10.4. The summed E-state index contributed by atoms with van der Waals surface area (Å²) in [5, 5.41) is 9.19. The SMILES string of the molecule is Cc1cc(-n2nccc2-c2nn(-c3ccc(Cl)nc3)ccc2=O)ccn1. The lowest BCUT2D eigenvalue weighted by Gasteiger charge is -2.09. The molecule has 0 spiro atoms. The van der Waals surface area contributed by atoms with Crippen LogP contribution in [0.2, 0.25) is 5.15 Å². The number of aromatic nitrogens is 6. The van der Waals surface area contributed by atoms with Gasteiger partial charge in [0.15, 0.2) is 5.69 Å². The van der Waals surface area contributed by atoms with E-state index in [4.69, 9.17) is 11.6 Å². The van der Waals surface area contributed by atoms with Gasteiger partial charge in [-0.05, 0) is 37.3 Å². The third kappa shape index (κ3) is 3.00. The molecule has 0 aliphatic rings. The Morgan fingerprint density at radius 1 is 1.00 bits per heavy atom. The molecule has 4 rings (SSSR count). The van der Waals surface area contributed by atoms with E-state index in [0.29, 0.717) is 16.5 Å². The Morgan fingerprint density at radius 3 is 2.65 bits per heavy atom. The molecule has 0 amide bonds. The largest absolute Gasteiger partial charge is 0.287 e. The maximum atomic E-state index is 12.4. The Hall–Kier alpha value is -3.32. The van der Waals surface area contributed by atoms with Crippen molar-refractivity contribution in [3.63, 3.8) is 0 Å². The molecule has 0 bridgehead atoms. The number of halogens is 1. The van der Waals surface area contributed by atoms with Crippen molar-refractivity contribution in [2.45, 2.75) is 6.92 Å². The molecular weight excluding hydrogens is 352 g/mol. The first kappa shape index (κ1) is 16.2. The summed E-state index contributed by atoms with van der Waals surface area (Å²) in [5.41, 5.74) is 3.04. The third-order valence-corrected chi connectivity index (χ3v) is 4.02. The highest BCUT2D eigenvalue weighted by Gasteiger charge is 2.14. The van der Waals surface area contributed by atoms with Crippen LogP contribution in [0.5, 0.6) is 0 Å². The highest BCUT2D eigenvalue weighted by atomic mass is 35.5. The number of hydrogen-bond acceptors (Lipinski definition) is 5. The Morgan fingerprint density at radius 2 is 1.88 bits per heavy atom. The van der Waals surface area contributed by atoms with Crippen molar-refractivity contribution in [3.05, 3.63) is 82.3 Å². The van der Waals surface area contributed by atoms with Gasteiger partial charge in [-0.15, -0.1) is 0 Å². The van der Waals surface area contributed by atoms with Gasteiger partial charge in [-0.25, -0.2) is 14.3 Å². The van der Waals surface area contributed by atoms with Crippen LogP contribution in [0.3, 0.4) is 0 Å². The van der Waals surface area contributed by atoms with Crippen LogP contribution in [0.15, 0.2) is 66.0 Å². The number of nitrogens with zero attached hydrogens (tertiary/aromatic N) is 6. The Labute approximate surface area is 153 Å². The molecule has 0 aliphatic carbocycles. The van der Waals surface area contributed by atoms with Crippen LogP contribution in [0.4, 0.5) is 0 Å². The number of rotatable bonds is 3. The summed E-state index contributed by atoms with van der Waals surface area (Å²) >= 11 is 5.83. The first-order chi connectivity index (χ1) is 12.6. The number of hydrogen-bond donors (Lipinski definition) is 0. The molecule has 8 heteroatoms. The van der Waals surface area contributed by atoms with Crippen molar-refractivity contribution < 1.29 is 0 Å². The minimum Gasteiger partial charge on any atom is -0.287 e. The minimum absolute atomic E-state index is 0.198. The second-order valence-corrected chi connectivity index (χ2v) is 5.98. The van der Waals surface area contributed by atoms with E-state index in [1.807, 2.05) is 19.1 Å². The van der Waals surface area contributed by atoms with Gasteiger partial charge in [0.25, 0.3) is 0 Å². The zero-order valence-corrected chi connectivity index (χ0v) is 14.5. The quantitative estimate of drug-likeness (QED) is 0.522. The van der Waals surface area contributed by atoms with E-state index >= 15 is 0 Å². The summed E-state index contributed by atoms with van der Waals surface area (Å²) in [4.78, 5) is 20.7. The van der Waals surface area contributed by atoms with Crippen LogP contribution in [0, 0.1) is 6.92 Å². The van der Waals surface area contributed by atoms with Crippen molar-refractivity contribution in [1.29, 1.82) is 0 Å². The van der Waals surface area contributed by atoms with E-state index in [2.05, 4.69) is 20.2 Å². The summed E-state index contributed by atoms with van der Waals surface area (Å²) < 4.78 is 3.25. The Kier molecular flexibility index (Phi) is 4.06. The van der Waals surface area contributed by atoms with Gasteiger partial charge in [-0.1, -0.05) is 11.6 Å². The molecule has 4 heterocycles. The average molecular weight is 365 g/mol. The standard InChI is InChI=1S/C18H13ClN6O/c1-12-10-13(4-7-20-12)25-15(5-8-22-25)18-16(26)6-9-24(23-18)14-2-3-17(19)21-11-14/h2-11H,1H3. The first-order valence-corrected chi connectivity index (χ1v) is 8.19.